The fourth-order valence-corrected chi connectivity index (χ4v) is 4.76. The van der Waals surface area contributed by atoms with Crippen molar-refractivity contribution in [2.45, 2.75) is 32.9 Å². The van der Waals surface area contributed by atoms with Gasteiger partial charge < -0.3 is 10.6 Å². The van der Waals surface area contributed by atoms with E-state index < -0.39 is 0 Å². The van der Waals surface area contributed by atoms with Gasteiger partial charge in [-0.3, -0.25) is 9.89 Å². The van der Waals surface area contributed by atoms with Crippen LogP contribution in [0.2, 0.25) is 0 Å². The molecule has 144 valence electrons. The van der Waals surface area contributed by atoms with Crippen LogP contribution >= 0.6 is 46.7 Å². The number of hydrogen-bond acceptors (Lipinski definition) is 4. The van der Waals surface area contributed by atoms with E-state index in [0.717, 1.165) is 31.5 Å². The van der Waals surface area contributed by atoms with Gasteiger partial charge in [-0.1, -0.05) is 6.07 Å². The van der Waals surface area contributed by atoms with Crippen LogP contribution in [-0.4, -0.2) is 37.5 Å². The summed E-state index contributed by atoms with van der Waals surface area (Å²) < 4.78 is 0. The van der Waals surface area contributed by atoms with Crippen LogP contribution in [-0.2, 0) is 13.1 Å². The Balaban J connectivity index is 0.00000243. The highest BCUT2D eigenvalue weighted by Crippen LogP contribution is 2.20. The van der Waals surface area contributed by atoms with Crippen LogP contribution in [0.1, 0.15) is 27.5 Å². The van der Waals surface area contributed by atoms with E-state index in [2.05, 4.69) is 57.1 Å². The third kappa shape index (κ3) is 6.83. The number of halogens is 1. The maximum absolute atomic E-state index is 4.35. The van der Waals surface area contributed by atoms with Crippen molar-refractivity contribution in [1.82, 2.24) is 15.5 Å². The van der Waals surface area contributed by atoms with Gasteiger partial charge in [0.25, 0.3) is 0 Å². The first kappa shape index (κ1) is 21.7. The van der Waals surface area contributed by atoms with Crippen LogP contribution in [0.4, 0.5) is 0 Å². The average Bonchev–Trinajstić information content (AvgIpc) is 3.28. The van der Waals surface area contributed by atoms with Crippen molar-refractivity contribution in [3.05, 3.63) is 44.3 Å². The Hall–Kier alpha value is -0.640. The van der Waals surface area contributed by atoms with E-state index in [1.807, 2.05) is 29.7 Å². The molecular formula is C19H29IN4S2. The molecule has 0 unspecified atom stereocenters. The maximum atomic E-state index is 4.35. The predicted molar refractivity (Wildman–Crippen MR) is 125 cm³/mol. The second-order valence-corrected chi connectivity index (χ2v) is 9.02. The first-order chi connectivity index (χ1) is 12.2. The van der Waals surface area contributed by atoms with Gasteiger partial charge in [-0.05, 0) is 62.4 Å². The zero-order valence-electron chi connectivity index (χ0n) is 15.5. The largest absolute Gasteiger partial charge is 0.356 e. The number of aryl methyl sites for hydroxylation is 1. The number of guanidine groups is 1. The van der Waals surface area contributed by atoms with Crippen LogP contribution in [0.25, 0.3) is 0 Å². The Labute approximate surface area is 182 Å². The molecule has 1 saturated heterocycles. The van der Waals surface area contributed by atoms with Crippen molar-refractivity contribution in [3.8, 4) is 0 Å². The molecule has 2 N–H and O–H groups in total. The molecule has 4 nitrogen and oxygen atoms in total. The molecule has 1 aliphatic heterocycles. The average molecular weight is 505 g/mol. The summed E-state index contributed by atoms with van der Waals surface area (Å²) in [6.45, 7) is 7.51. The smallest absolute Gasteiger partial charge is 0.191 e. The molecule has 1 aliphatic rings. The van der Waals surface area contributed by atoms with E-state index in [1.165, 1.54) is 40.6 Å². The molecule has 0 aromatic carbocycles. The number of aliphatic imine (C=N–C) groups is 1. The van der Waals surface area contributed by atoms with E-state index in [1.54, 1.807) is 0 Å². The van der Waals surface area contributed by atoms with E-state index >= 15 is 0 Å². The highest BCUT2D eigenvalue weighted by molar-refractivity contribution is 14.0. The molecule has 26 heavy (non-hydrogen) atoms. The standard InChI is InChI=1S/C19H28N4S2.HI/c1-15-5-6-17(25-15)13-22-19(20-2)21-12-16-7-9-23(10-8-16)14-18-4-3-11-24-18;/h3-6,11,16H,7-10,12-14H2,1-2H3,(H2,20,21,22);1H. The zero-order valence-corrected chi connectivity index (χ0v) is 19.5. The molecule has 2 aromatic rings. The van der Waals surface area contributed by atoms with Gasteiger partial charge in [-0.15, -0.1) is 46.7 Å². The quantitative estimate of drug-likeness (QED) is 0.350. The second-order valence-electron chi connectivity index (χ2n) is 6.62. The molecule has 7 heteroatoms. The van der Waals surface area contributed by atoms with E-state index in [9.17, 15) is 0 Å². The number of nitrogens with zero attached hydrogens (tertiary/aromatic N) is 2. The molecule has 3 rings (SSSR count). The van der Waals surface area contributed by atoms with Crippen LogP contribution in [0.15, 0.2) is 34.6 Å². The monoisotopic (exact) mass is 504 g/mol. The molecule has 0 radical (unpaired) electrons. The van der Waals surface area contributed by atoms with Crippen molar-refractivity contribution in [2.24, 2.45) is 10.9 Å². The maximum Gasteiger partial charge on any atom is 0.191 e. The lowest BCUT2D eigenvalue weighted by Crippen LogP contribution is -2.42. The summed E-state index contributed by atoms with van der Waals surface area (Å²) >= 11 is 3.70. The summed E-state index contributed by atoms with van der Waals surface area (Å²) in [6.07, 6.45) is 2.53. The molecular weight excluding hydrogens is 475 g/mol. The SMILES string of the molecule is CN=C(NCc1ccc(C)s1)NCC1CCN(Cc2cccs2)CC1.I. The lowest BCUT2D eigenvalue weighted by atomic mass is 9.97. The first-order valence-electron chi connectivity index (χ1n) is 8.97. The number of piperidine rings is 1. The minimum absolute atomic E-state index is 0. The Kier molecular flexibility index (Phi) is 9.38. The van der Waals surface area contributed by atoms with Crippen molar-refractivity contribution < 1.29 is 0 Å². The Morgan fingerprint density at radius 2 is 2.00 bits per heavy atom. The Morgan fingerprint density at radius 3 is 2.62 bits per heavy atom. The molecule has 2 aromatic heterocycles. The van der Waals surface area contributed by atoms with Crippen LogP contribution in [0, 0.1) is 12.8 Å². The number of nitrogens with one attached hydrogen (secondary N) is 2. The molecule has 0 saturated carbocycles. The fourth-order valence-electron chi connectivity index (χ4n) is 3.18. The van der Waals surface area contributed by atoms with Gasteiger partial charge in [0.15, 0.2) is 5.96 Å². The van der Waals surface area contributed by atoms with Crippen molar-refractivity contribution >= 4 is 52.6 Å². The summed E-state index contributed by atoms with van der Waals surface area (Å²) in [5.41, 5.74) is 0. The van der Waals surface area contributed by atoms with Crippen LogP contribution < -0.4 is 10.6 Å². The number of hydrogen-bond donors (Lipinski definition) is 2. The van der Waals surface area contributed by atoms with Gasteiger partial charge in [-0.2, -0.15) is 0 Å². The van der Waals surface area contributed by atoms with Gasteiger partial charge in [0.1, 0.15) is 0 Å². The van der Waals surface area contributed by atoms with Crippen LogP contribution in [0.3, 0.4) is 0 Å². The lowest BCUT2D eigenvalue weighted by molar-refractivity contribution is 0.179. The Bertz CT molecular complexity index is 661. The minimum Gasteiger partial charge on any atom is -0.356 e. The minimum atomic E-state index is 0. The van der Waals surface area contributed by atoms with Gasteiger partial charge >= 0.3 is 0 Å². The summed E-state index contributed by atoms with van der Waals surface area (Å²) in [7, 11) is 1.85. The molecule has 0 amide bonds. The topological polar surface area (TPSA) is 39.7 Å². The zero-order chi connectivity index (χ0) is 17.5. The van der Waals surface area contributed by atoms with Crippen molar-refractivity contribution in [2.75, 3.05) is 26.7 Å². The summed E-state index contributed by atoms with van der Waals surface area (Å²) in [6, 6.07) is 8.74. The third-order valence-corrected chi connectivity index (χ3v) is 6.54. The number of thiophene rings is 2. The van der Waals surface area contributed by atoms with Crippen molar-refractivity contribution in [3.63, 3.8) is 0 Å². The van der Waals surface area contributed by atoms with Gasteiger partial charge in [0, 0.05) is 34.8 Å². The van der Waals surface area contributed by atoms with E-state index in [4.69, 9.17) is 0 Å². The van der Waals surface area contributed by atoms with Crippen molar-refractivity contribution in [1.29, 1.82) is 0 Å². The van der Waals surface area contributed by atoms with E-state index in [0.29, 0.717) is 0 Å². The van der Waals surface area contributed by atoms with Gasteiger partial charge in [0.2, 0.25) is 0 Å². The summed E-state index contributed by atoms with van der Waals surface area (Å²) in [5, 5.41) is 9.09. The third-order valence-electron chi connectivity index (χ3n) is 4.67. The summed E-state index contributed by atoms with van der Waals surface area (Å²) in [5.74, 6) is 1.65. The summed E-state index contributed by atoms with van der Waals surface area (Å²) in [4.78, 5) is 11.1. The van der Waals surface area contributed by atoms with Crippen LogP contribution in [0.5, 0.6) is 0 Å². The highest BCUT2D eigenvalue weighted by atomic mass is 127. The molecule has 0 spiro atoms. The number of rotatable bonds is 6. The van der Waals surface area contributed by atoms with Gasteiger partial charge in [-0.25, -0.2) is 0 Å². The molecule has 0 bridgehead atoms. The predicted octanol–water partition coefficient (Wildman–Crippen LogP) is 4.31. The second kappa shape index (κ2) is 11.3. The first-order valence-corrected chi connectivity index (χ1v) is 10.7. The molecule has 3 heterocycles. The lowest BCUT2D eigenvalue weighted by Gasteiger charge is -2.32. The fraction of sp³-hybridized carbons (Fsp3) is 0.526. The molecule has 0 aliphatic carbocycles. The molecule has 1 fully saturated rings. The highest BCUT2D eigenvalue weighted by Gasteiger charge is 2.19. The normalized spacial score (nSPS) is 16.3. The number of likely N-dealkylation sites (tertiary alicyclic amines) is 1. The van der Waals surface area contributed by atoms with E-state index in [-0.39, 0.29) is 24.0 Å². The Morgan fingerprint density at radius 1 is 1.19 bits per heavy atom. The van der Waals surface area contributed by atoms with Gasteiger partial charge in [0.05, 0.1) is 6.54 Å². The molecule has 0 atom stereocenters.